The van der Waals surface area contributed by atoms with Crippen LogP contribution >= 0.6 is 0 Å². The van der Waals surface area contributed by atoms with Gasteiger partial charge in [-0.2, -0.15) is 0 Å². The van der Waals surface area contributed by atoms with Gasteiger partial charge in [0.15, 0.2) is 6.10 Å². The molecule has 0 amide bonds. The van der Waals surface area contributed by atoms with Crippen LogP contribution in [0.5, 0.6) is 0 Å². The SMILES string of the molecule is CCCCC/C=C\C/C=C\CCCCCCCC(=O)OC(COC(=O)CCCCCCCCCCC/C=C\C/C=C\CCCCCCC)COC(=O)CCCCCCCCCCCCC. The van der Waals surface area contributed by atoms with Gasteiger partial charge in [0.05, 0.1) is 0 Å². The monoisotopic (exact) mass is 911 g/mol. The van der Waals surface area contributed by atoms with Crippen molar-refractivity contribution in [2.45, 2.75) is 297 Å². The largest absolute Gasteiger partial charge is 0.462 e. The van der Waals surface area contributed by atoms with Gasteiger partial charge in [0.25, 0.3) is 0 Å². The molecule has 6 heteroatoms. The van der Waals surface area contributed by atoms with E-state index in [4.69, 9.17) is 14.2 Å². The molecular weight excluding hydrogens is 805 g/mol. The molecule has 0 aliphatic carbocycles. The van der Waals surface area contributed by atoms with Crippen molar-refractivity contribution in [1.29, 1.82) is 0 Å². The molecular formula is C59H106O6. The minimum absolute atomic E-state index is 0.0777. The number of unbranched alkanes of at least 4 members (excludes halogenated alkanes) is 32. The minimum Gasteiger partial charge on any atom is -0.462 e. The van der Waals surface area contributed by atoms with Crippen molar-refractivity contribution in [3.63, 3.8) is 0 Å². The standard InChI is InChI=1S/C59H106O6/c1-4-7-10-13-16-19-22-24-26-27-28-29-30-31-33-34-37-40-43-46-49-52-58(61)64-55-56(54-63-57(60)51-48-45-42-39-36-21-18-15-12-9-6-3)65-59(62)53-50-47-44-41-38-35-32-25-23-20-17-14-11-8-5-2/h17,20,22,24-25,27-28,32,56H,4-16,18-19,21,23,26,29-31,33-55H2,1-3H3/b20-17-,24-22-,28-27-,32-25-. The molecule has 0 rings (SSSR count). The molecule has 0 aromatic carbocycles. The summed E-state index contributed by atoms with van der Waals surface area (Å²) in [6.45, 7) is 6.60. The van der Waals surface area contributed by atoms with E-state index in [1.807, 2.05) is 0 Å². The Morgan fingerprint density at radius 1 is 0.308 bits per heavy atom. The lowest BCUT2D eigenvalue weighted by molar-refractivity contribution is -0.167. The summed E-state index contributed by atoms with van der Waals surface area (Å²) >= 11 is 0. The summed E-state index contributed by atoms with van der Waals surface area (Å²) in [5.41, 5.74) is 0. The van der Waals surface area contributed by atoms with Crippen LogP contribution in [0, 0.1) is 0 Å². The van der Waals surface area contributed by atoms with Gasteiger partial charge in [0.1, 0.15) is 13.2 Å². The van der Waals surface area contributed by atoms with Gasteiger partial charge in [0.2, 0.25) is 0 Å². The van der Waals surface area contributed by atoms with Crippen molar-refractivity contribution in [2.75, 3.05) is 13.2 Å². The fourth-order valence-electron chi connectivity index (χ4n) is 8.03. The van der Waals surface area contributed by atoms with Crippen LogP contribution in [0.1, 0.15) is 290 Å². The normalized spacial score (nSPS) is 12.4. The van der Waals surface area contributed by atoms with E-state index in [0.29, 0.717) is 19.3 Å². The van der Waals surface area contributed by atoms with Crippen LogP contribution < -0.4 is 0 Å². The lowest BCUT2D eigenvalue weighted by Crippen LogP contribution is -2.30. The van der Waals surface area contributed by atoms with Crippen LogP contribution in [0.4, 0.5) is 0 Å². The number of hydrogen-bond donors (Lipinski definition) is 0. The van der Waals surface area contributed by atoms with Gasteiger partial charge in [0, 0.05) is 19.3 Å². The Bertz CT molecular complexity index is 1140. The third kappa shape index (κ3) is 52.2. The Kier molecular flexibility index (Phi) is 51.8. The Morgan fingerprint density at radius 2 is 0.554 bits per heavy atom. The topological polar surface area (TPSA) is 78.9 Å². The van der Waals surface area contributed by atoms with Crippen molar-refractivity contribution in [2.24, 2.45) is 0 Å². The quantitative estimate of drug-likeness (QED) is 0.0262. The zero-order valence-corrected chi connectivity index (χ0v) is 43.3. The second-order valence-electron chi connectivity index (χ2n) is 18.8. The Hall–Kier alpha value is -2.63. The molecule has 0 saturated carbocycles. The number of hydrogen-bond acceptors (Lipinski definition) is 6. The highest BCUT2D eigenvalue weighted by molar-refractivity contribution is 5.71. The number of rotatable bonds is 51. The third-order valence-electron chi connectivity index (χ3n) is 12.3. The fraction of sp³-hybridized carbons (Fsp3) is 0.814. The number of allylic oxidation sites excluding steroid dienone is 8. The Labute approximate surface area is 403 Å². The molecule has 0 radical (unpaired) electrons. The van der Waals surface area contributed by atoms with Gasteiger partial charge < -0.3 is 14.2 Å². The molecule has 0 spiro atoms. The smallest absolute Gasteiger partial charge is 0.306 e. The summed E-state index contributed by atoms with van der Waals surface area (Å²) in [6, 6.07) is 0. The molecule has 65 heavy (non-hydrogen) atoms. The molecule has 1 unspecified atom stereocenters. The fourth-order valence-corrected chi connectivity index (χ4v) is 8.03. The molecule has 0 aromatic heterocycles. The van der Waals surface area contributed by atoms with E-state index < -0.39 is 6.10 Å². The molecule has 1 atom stereocenters. The van der Waals surface area contributed by atoms with Gasteiger partial charge in [-0.25, -0.2) is 0 Å². The number of ether oxygens (including phenoxy) is 3. The van der Waals surface area contributed by atoms with Crippen molar-refractivity contribution in [3.8, 4) is 0 Å². The zero-order valence-electron chi connectivity index (χ0n) is 43.3. The van der Waals surface area contributed by atoms with Crippen LogP contribution in [-0.4, -0.2) is 37.2 Å². The van der Waals surface area contributed by atoms with Crippen molar-refractivity contribution in [3.05, 3.63) is 48.6 Å². The van der Waals surface area contributed by atoms with E-state index in [1.54, 1.807) is 0 Å². The van der Waals surface area contributed by atoms with Gasteiger partial charge in [-0.15, -0.1) is 0 Å². The molecule has 0 fully saturated rings. The first kappa shape index (κ1) is 62.4. The van der Waals surface area contributed by atoms with E-state index in [9.17, 15) is 14.4 Å². The number of esters is 3. The summed E-state index contributed by atoms with van der Waals surface area (Å²) in [6.07, 6.45) is 65.2. The lowest BCUT2D eigenvalue weighted by Gasteiger charge is -2.18. The molecule has 378 valence electrons. The second-order valence-corrected chi connectivity index (χ2v) is 18.8. The van der Waals surface area contributed by atoms with Crippen LogP contribution in [0.2, 0.25) is 0 Å². The minimum atomic E-state index is -0.779. The molecule has 0 heterocycles. The van der Waals surface area contributed by atoms with Gasteiger partial charge >= 0.3 is 17.9 Å². The summed E-state index contributed by atoms with van der Waals surface area (Å²) in [5, 5.41) is 0. The van der Waals surface area contributed by atoms with Crippen LogP contribution in [0.3, 0.4) is 0 Å². The van der Waals surface area contributed by atoms with E-state index in [1.165, 1.54) is 161 Å². The number of carbonyl (C=O) groups is 3. The Balaban J connectivity index is 4.32. The van der Waals surface area contributed by atoms with E-state index >= 15 is 0 Å². The van der Waals surface area contributed by atoms with Crippen LogP contribution in [0.25, 0.3) is 0 Å². The predicted molar refractivity (Wildman–Crippen MR) is 279 cm³/mol. The second kappa shape index (κ2) is 54.0. The third-order valence-corrected chi connectivity index (χ3v) is 12.3. The van der Waals surface area contributed by atoms with Gasteiger partial charge in [-0.05, 0) is 83.5 Å². The van der Waals surface area contributed by atoms with Gasteiger partial charge in [-0.1, -0.05) is 236 Å². The summed E-state index contributed by atoms with van der Waals surface area (Å²) in [7, 11) is 0. The van der Waals surface area contributed by atoms with Crippen molar-refractivity contribution in [1.82, 2.24) is 0 Å². The van der Waals surface area contributed by atoms with Crippen LogP contribution in [0.15, 0.2) is 48.6 Å². The summed E-state index contributed by atoms with van der Waals surface area (Å²) < 4.78 is 16.8. The first-order chi connectivity index (χ1) is 32.0. The maximum atomic E-state index is 12.8. The summed E-state index contributed by atoms with van der Waals surface area (Å²) in [5.74, 6) is -0.886. The van der Waals surface area contributed by atoms with E-state index in [-0.39, 0.29) is 31.1 Å². The van der Waals surface area contributed by atoms with E-state index in [2.05, 4.69) is 69.4 Å². The highest BCUT2D eigenvalue weighted by atomic mass is 16.6. The first-order valence-corrected chi connectivity index (χ1v) is 28.1. The maximum absolute atomic E-state index is 12.8. The van der Waals surface area contributed by atoms with E-state index in [0.717, 1.165) is 89.9 Å². The molecule has 0 aliphatic heterocycles. The maximum Gasteiger partial charge on any atom is 0.306 e. The number of carbonyl (C=O) groups excluding carboxylic acids is 3. The van der Waals surface area contributed by atoms with Crippen molar-refractivity contribution < 1.29 is 28.6 Å². The highest BCUT2D eigenvalue weighted by Gasteiger charge is 2.19. The van der Waals surface area contributed by atoms with Crippen LogP contribution in [-0.2, 0) is 28.6 Å². The summed E-state index contributed by atoms with van der Waals surface area (Å²) in [4.78, 5) is 38.0. The lowest BCUT2D eigenvalue weighted by atomic mass is 10.1. The predicted octanol–water partition coefficient (Wildman–Crippen LogP) is 18.7. The molecule has 0 aliphatic rings. The Morgan fingerprint density at radius 3 is 0.877 bits per heavy atom. The molecule has 0 saturated heterocycles. The van der Waals surface area contributed by atoms with Crippen molar-refractivity contribution >= 4 is 17.9 Å². The van der Waals surface area contributed by atoms with Gasteiger partial charge in [-0.3, -0.25) is 14.4 Å². The highest BCUT2D eigenvalue weighted by Crippen LogP contribution is 2.15. The average molecular weight is 911 g/mol. The first-order valence-electron chi connectivity index (χ1n) is 28.1. The average Bonchev–Trinajstić information content (AvgIpc) is 3.30. The molecule has 6 nitrogen and oxygen atoms in total. The molecule has 0 bridgehead atoms. The molecule has 0 N–H and O–H groups in total. The zero-order chi connectivity index (χ0) is 47.2. The molecule has 0 aromatic rings.